The van der Waals surface area contributed by atoms with Gasteiger partial charge in [0.1, 0.15) is 5.65 Å². The van der Waals surface area contributed by atoms with E-state index in [1.807, 2.05) is 49.4 Å². The minimum Gasteiger partial charge on any atom is -0.287 e. The highest BCUT2D eigenvalue weighted by molar-refractivity contribution is 7.98. The third-order valence-corrected chi connectivity index (χ3v) is 5.85. The lowest BCUT2D eigenvalue weighted by molar-refractivity contribution is 0.557. The average Bonchev–Trinajstić information content (AvgIpc) is 2.71. The Balaban J connectivity index is 1.71. The van der Waals surface area contributed by atoms with Gasteiger partial charge < -0.3 is 0 Å². The second kappa shape index (κ2) is 8.21. The van der Waals surface area contributed by atoms with E-state index in [1.54, 1.807) is 15.0 Å². The van der Waals surface area contributed by atoms with Gasteiger partial charge >= 0.3 is 0 Å². The number of hydrogen-bond donors (Lipinski definition) is 0. The molecular weight excluding hydrogens is 384 g/mol. The van der Waals surface area contributed by atoms with E-state index in [4.69, 9.17) is 4.98 Å². The van der Waals surface area contributed by atoms with Crippen molar-refractivity contribution in [2.45, 2.75) is 44.1 Å². The van der Waals surface area contributed by atoms with Crippen molar-refractivity contribution < 1.29 is 0 Å². The highest BCUT2D eigenvalue weighted by atomic mass is 32.2. The molecule has 0 fully saturated rings. The number of fused-ring (bicyclic) bond motifs is 2. The number of hydrogen-bond acceptors (Lipinski definition) is 5. The third-order valence-electron chi connectivity index (χ3n) is 4.84. The van der Waals surface area contributed by atoms with Crippen LogP contribution in [0.3, 0.4) is 0 Å². The van der Waals surface area contributed by atoms with Crippen LogP contribution in [0.15, 0.2) is 63.3 Å². The molecule has 29 heavy (non-hydrogen) atoms. The molecule has 0 aliphatic rings. The van der Waals surface area contributed by atoms with E-state index in [0.717, 1.165) is 18.5 Å². The second-order valence-electron chi connectivity index (χ2n) is 6.96. The summed E-state index contributed by atoms with van der Waals surface area (Å²) in [4.78, 5) is 34.8. The Labute approximate surface area is 172 Å². The van der Waals surface area contributed by atoms with Gasteiger partial charge in [-0.25, -0.2) is 9.97 Å². The van der Waals surface area contributed by atoms with Crippen molar-refractivity contribution in [2.24, 2.45) is 0 Å². The molecule has 0 radical (unpaired) electrons. The Kier molecular flexibility index (Phi) is 5.49. The Hall–Kier alpha value is -2.93. The molecular formula is C22H22N4O2S. The van der Waals surface area contributed by atoms with E-state index < -0.39 is 0 Å². The Morgan fingerprint density at radius 3 is 2.69 bits per heavy atom. The lowest BCUT2D eigenvalue weighted by Gasteiger charge is -2.13. The van der Waals surface area contributed by atoms with Crippen LogP contribution < -0.4 is 11.1 Å². The number of rotatable bonds is 6. The van der Waals surface area contributed by atoms with Crippen LogP contribution in [0, 0.1) is 6.92 Å². The number of aryl methyl sites for hydroxylation is 1. The molecule has 3 heterocycles. The molecule has 4 rings (SSSR count). The van der Waals surface area contributed by atoms with Crippen LogP contribution in [0.1, 0.15) is 31.2 Å². The van der Waals surface area contributed by atoms with Gasteiger partial charge in [-0.15, -0.1) is 0 Å². The van der Waals surface area contributed by atoms with E-state index >= 15 is 0 Å². The van der Waals surface area contributed by atoms with E-state index in [-0.39, 0.29) is 11.1 Å². The van der Waals surface area contributed by atoms with Gasteiger partial charge in [0.15, 0.2) is 5.16 Å². The summed E-state index contributed by atoms with van der Waals surface area (Å²) >= 11 is 1.44. The van der Waals surface area contributed by atoms with Crippen LogP contribution in [0.2, 0.25) is 0 Å². The third kappa shape index (κ3) is 3.82. The van der Waals surface area contributed by atoms with Gasteiger partial charge in [-0.05, 0) is 37.6 Å². The summed E-state index contributed by atoms with van der Waals surface area (Å²) in [7, 11) is 0. The van der Waals surface area contributed by atoms with Crippen molar-refractivity contribution in [1.82, 2.24) is 18.9 Å². The van der Waals surface area contributed by atoms with Gasteiger partial charge in [0.05, 0.1) is 16.6 Å². The summed E-state index contributed by atoms with van der Waals surface area (Å²) in [6, 6.07) is 14.6. The monoisotopic (exact) mass is 406 g/mol. The number of para-hydroxylation sites is 1. The predicted octanol–water partition coefficient (Wildman–Crippen LogP) is 3.81. The fourth-order valence-electron chi connectivity index (χ4n) is 3.35. The van der Waals surface area contributed by atoms with Gasteiger partial charge in [0.25, 0.3) is 11.1 Å². The molecule has 0 N–H and O–H groups in total. The number of pyridine rings is 1. The quantitative estimate of drug-likeness (QED) is 0.360. The summed E-state index contributed by atoms with van der Waals surface area (Å²) in [5.74, 6) is 0.469. The first-order valence-electron chi connectivity index (χ1n) is 9.69. The molecule has 3 aromatic heterocycles. The molecule has 0 aliphatic carbocycles. The van der Waals surface area contributed by atoms with E-state index in [9.17, 15) is 9.59 Å². The molecule has 0 atom stereocenters. The first-order valence-corrected chi connectivity index (χ1v) is 10.7. The van der Waals surface area contributed by atoms with Crippen LogP contribution in [0.4, 0.5) is 0 Å². The van der Waals surface area contributed by atoms with E-state index in [2.05, 4.69) is 11.9 Å². The van der Waals surface area contributed by atoms with Crippen molar-refractivity contribution in [3.63, 3.8) is 0 Å². The zero-order chi connectivity index (χ0) is 20.4. The summed E-state index contributed by atoms with van der Waals surface area (Å²) in [6.45, 7) is 4.61. The van der Waals surface area contributed by atoms with Gasteiger partial charge in [-0.2, -0.15) is 0 Å². The standard InChI is InChI=1S/C22H22N4O2S/c1-3-4-12-25-21(28)17-9-5-6-10-18(17)24-22(25)29-14-16-13-20(27)26-15(2)8-7-11-19(26)23-16/h5-11,13H,3-4,12,14H2,1-2H3. The molecule has 148 valence electrons. The summed E-state index contributed by atoms with van der Waals surface area (Å²) in [5, 5.41) is 1.29. The zero-order valence-electron chi connectivity index (χ0n) is 16.5. The van der Waals surface area contributed by atoms with Crippen LogP contribution in [-0.2, 0) is 12.3 Å². The summed E-state index contributed by atoms with van der Waals surface area (Å²) in [5.41, 5.74) is 2.73. The topological polar surface area (TPSA) is 69.3 Å². The number of aromatic nitrogens is 4. The normalized spacial score (nSPS) is 11.4. The van der Waals surface area contributed by atoms with Crippen molar-refractivity contribution >= 4 is 28.3 Å². The fourth-order valence-corrected chi connectivity index (χ4v) is 4.27. The van der Waals surface area contributed by atoms with Gasteiger partial charge in [0, 0.05) is 24.1 Å². The van der Waals surface area contributed by atoms with E-state index in [0.29, 0.717) is 39.7 Å². The second-order valence-corrected chi connectivity index (χ2v) is 7.90. The van der Waals surface area contributed by atoms with Crippen molar-refractivity contribution in [2.75, 3.05) is 0 Å². The van der Waals surface area contributed by atoms with Gasteiger partial charge in [-0.3, -0.25) is 18.6 Å². The maximum absolute atomic E-state index is 13.0. The minimum atomic E-state index is -0.0986. The van der Waals surface area contributed by atoms with Crippen LogP contribution >= 0.6 is 11.8 Å². The van der Waals surface area contributed by atoms with Crippen LogP contribution in [0.25, 0.3) is 16.6 Å². The highest BCUT2D eigenvalue weighted by Crippen LogP contribution is 2.22. The molecule has 6 nitrogen and oxygen atoms in total. The maximum Gasteiger partial charge on any atom is 0.262 e. The molecule has 0 bridgehead atoms. The van der Waals surface area contributed by atoms with Crippen LogP contribution in [0.5, 0.6) is 0 Å². The molecule has 4 aromatic rings. The highest BCUT2D eigenvalue weighted by Gasteiger charge is 2.12. The molecule has 0 aliphatic heterocycles. The molecule has 0 spiro atoms. The molecule has 0 unspecified atom stereocenters. The molecule has 0 saturated heterocycles. The maximum atomic E-state index is 13.0. The van der Waals surface area contributed by atoms with Crippen molar-refractivity contribution in [3.8, 4) is 0 Å². The molecule has 7 heteroatoms. The molecule has 0 saturated carbocycles. The minimum absolute atomic E-state index is 0.0197. The molecule has 1 aromatic carbocycles. The Morgan fingerprint density at radius 1 is 1.03 bits per heavy atom. The summed E-state index contributed by atoms with van der Waals surface area (Å²) < 4.78 is 3.34. The zero-order valence-corrected chi connectivity index (χ0v) is 17.3. The predicted molar refractivity (Wildman–Crippen MR) is 117 cm³/mol. The number of unbranched alkanes of at least 4 members (excludes halogenated alkanes) is 1. The summed E-state index contributed by atoms with van der Waals surface area (Å²) in [6.07, 6.45) is 1.90. The molecule has 0 amide bonds. The SMILES string of the molecule is CCCCn1c(SCc2cc(=O)n3c(C)cccc3n2)nc2ccccc2c1=O. The van der Waals surface area contributed by atoms with Crippen molar-refractivity contribution in [3.05, 3.63) is 80.6 Å². The van der Waals surface area contributed by atoms with Gasteiger partial charge in [-0.1, -0.05) is 43.3 Å². The largest absolute Gasteiger partial charge is 0.287 e. The number of thioether (sulfide) groups is 1. The lowest BCUT2D eigenvalue weighted by atomic mass is 10.2. The fraction of sp³-hybridized carbons (Fsp3) is 0.273. The number of benzene rings is 1. The average molecular weight is 407 g/mol. The van der Waals surface area contributed by atoms with E-state index in [1.165, 1.54) is 11.8 Å². The Bertz CT molecular complexity index is 1310. The lowest BCUT2D eigenvalue weighted by Crippen LogP contribution is -2.23. The van der Waals surface area contributed by atoms with Gasteiger partial charge in [0.2, 0.25) is 0 Å². The number of nitrogens with zero attached hydrogens (tertiary/aromatic N) is 4. The van der Waals surface area contributed by atoms with Crippen LogP contribution in [-0.4, -0.2) is 18.9 Å². The Morgan fingerprint density at radius 2 is 1.86 bits per heavy atom. The first-order chi connectivity index (χ1) is 14.1. The first kappa shape index (κ1) is 19.4. The smallest absolute Gasteiger partial charge is 0.262 e. The van der Waals surface area contributed by atoms with Crippen molar-refractivity contribution in [1.29, 1.82) is 0 Å².